The Morgan fingerprint density at radius 2 is 2.04 bits per heavy atom. The SMILES string of the molecule is Cc1nc2ccccn2c1C(=O)NCc1cn(-c2ccncc2)nn1. The summed E-state index contributed by atoms with van der Waals surface area (Å²) >= 11 is 0. The van der Waals surface area contributed by atoms with Crippen molar-refractivity contribution >= 4 is 11.6 Å². The van der Waals surface area contributed by atoms with Crippen LogP contribution < -0.4 is 5.32 Å². The molecular formula is C17H15N7O. The van der Waals surface area contributed by atoms with Gasteiger partial charge >= 0.3 is 0 Å². The minimum Gasteiger partial charge on any atom is -0.345 e. The molecule has 1 amide bonds. The van der Waals surface area contributed by atoms with Gasteiger partial charge in [-0.05, 0) is 31.2 Å². The van der Waals surface area contributed by atoms with Crippen molar-refractivity contribution in [2.75, 3.05) is 0 Å². The van der Waals surface area contributed by atoms with Gasteiger partial charge in [0.15, 0.2) is 0 Å². The third-order valence-corrected chi connectivity index (χ3v) is 3.82. The van der Waals surface area contributed by atoms with Crippen molar-refractivity contribution in [1.29, 1.82) is 0 Å². The molecule has 1 N–H and O–H groups in total. The molecule has 0 saturated carbocycles. The van der Waals surface area contributed by atoms with Gasteiger partial charge in [-0.25, -0.2) is 9.67 Å². The number of hydrogen-bond donors (Lipinski definition) is 1. The molecule has 0 aliphatic carbocycles. The van der Waals surface area contributed by atoms with E-state index in [1.807, 2.05) is 43.5 Å². The first-order chi connectivity index (χ1) is 12.2. The molecule has 124 valence electrons. The van der Waals surface area contributed by atoms with Crippen LogP contribution in [-0.2, 0) is 6.54 Å². The summed E-state index contributed by atoms with van der Waals surface area (Å²) < 4.78 is 3.42. The van der Waals surface area contributed by atoms with E-state index in [1.165, 1.54) is 0 Å². The summed E-state index contributed by atoms with van der Waals surface area (Å²) in [5.41, 5.74) is 3.48. The average molecular weight is 333 g/mol. The fraction of sp³-hybridized carbons (Fsp3) is 0.118. The Morgan fingerprint density at radius 1 is 1.20 bits per heavy atom. The topological polar surface area (TPSA) is 90.0 Å². The Balaban J connectivity index is 1.51. The molecule has 4 aromatic rings. The Hall–Kier alpha value is -3.55. The maximum atomic E-state index is 12.6. The number of nitrogens with zero attached hydrogens (tertiary/aromatic N) is 6. The predicted molar refractivity (Wildman–Crippen MR) is 90.3 cm³/mol. The quantitative estimate of drug-likeness (QED) is 0.612. The zero-order valence-electron chi connectivity index (χ0n) is 13.5. The Bertz CT molecular complexity index is 1040. The molecule has 4 aromatic heterocycles. The highest BCUT2D eigenvalue weighted by Gasteiger charge is 2.16. The van der Waals surface area contributed by atoms with Crippen molar-refractivity contribution in [2.24, 2.45) is 0 Å². The zero-order valence-corrected chi connectivity index (χ0v) is 13.5. The van der Waals surface area contributed by atoms with E-state index >= 15 is 0 Å². The molecule has 0 spiro atoms. The molecule has 0 atom stereocenters. The highest BCUT2D eigenvalue weighted by molar-refractivity contribution is 5.94. The molecule has 0 saturated heterocycles. The number of fused-ring (bicyclic) bond motifs is 1. The van der Waals surface area contributed by atoms with Gasteiger partial charge in [0, 0.05) is 18.6 Å². The second-order valence-corrected chi connectivity index (χ2v) is 5.52. The molecule has 25 heavy (non-hydrogen) atoms. The Morgan fingerprint density at radius 3 is 2.88 bits per heavy atom. The highest BCUT2D eigenvalue weighted by Crippen LogP contribution is 2.12. The number of nitrogens with one attached hydrogen (secondary N) is 1. The Labute approximate surface area is 143 Å². The Kier molecular flexibility index (Phi) is 3.70. The van der Waals surface area contributed by atoms with Gasteiger partial charge in [0.25, 0.3) is 5.91 Å². The molecule has 0 aliphatic heterocycles. The minimum atomic E-state index is -0.199. The van der Waals surface area contributed by atoms with E-state index in [4.69, 9.17) is 0 Å². The molecule has 0 bridgehead atoms. The highest BCUT2D eigenvalue weighted by atomic mass is 16.1. The molecule has 4 rings (SSSR count). The van der Waals surface area contributed by atoms with E-state index in [0.29, 0.717) is 17.1 Å². The molecule has 0 aliphatic rings. The second kappa shape index (κ2) is 6.16. The number of imidazole rings is 1. The first-order valence-corrected chi connectivity index (χ1v) is 7.76. The van der Waals surface area contributed by atoms with Crippen molar-refractivity contribution in [2.45, 2.75) is 13.5 Å². The summed E-state index contributed by atoms with van der Waals surface area (Å²) in [7, 11) is 0. The largest absolute Gasteiger partial charge is 0.345 e. The van der Waals surface area contributed by atoms with Crippen LogP contribution in [0.25, 0.3) is 11.3 Å². The van der Waals surface area contributed by atoms with Gasteiger partial charge in [0.05, 0.1) is 24.1 Å². The van der Waals surface area contributed by atoms with Crippen LogP contribution in [0.3, 0.4) is 0 Å². The first kappa shape index (κ1) is 15.0. The lowest BCUT2D eigenvalue weighted by Crippen LogP contribution is -2.25. The van der Waals surface area contributed by atoms with Gasteiger partial charge < -0.3 is 5.32 Å². The van der Waals surface area contributed by atoms with Crippen molar-refractivity contribution in [3.8, 4) is 5.69 Å². The third-order valence-electron chi connectivity index (χ3n) is 3.82. The molecule has 0 aromatic carbocycles. The number of aryl methyl sites for hydroxylation is 1. The van der Waals surface area contributed by atoms with Crippen molar-refractivity contribution in [3.05, 3.63) is 72.2 Å². The van der Waals surface area contributed by atoms with Crippen LogP contribution in [0.1, 0.15) is 21.9 Å². The van der Waals surface area contributed by atoms with Gasteiger partial charge in [0.2, 0.25) is 0 Å². The van der Waals surface area contributed by atoms with E-state index in [2.05, 4.69) is 25.6 Å². The molecule has 4 heterocycles. The van der Waals surface area contributed by atoms with E-state index in [9.17, 15) is 4.79 Å². The minimum absolute atomic E-state index is 0.199. The van der Waals surface area contributed by atoms with Crippen LogP contribution in [0.5, 0.6) is 0 Å². The van der Waals surface area contributed by atoms with Gasteiger partial charge in [0.1, 0.15) is 17.0 Å². The number of rotatable bonds is 4. The van der Waals surface area contributed by atoms with E-state index in [0.717, 1.165) is 11.3 Å². The van der Waals surface area contributed by atoms with E-state index in [-0.39, 0.29) is 12.5 Å². The van der Waals surface area contributed by atoms with Gasteiger partial charge in [-0.15, -0.1) is 5.10 Å². The van der Waals surface area contributed by atoms with Crippen molar-refractivity contribution in [3.63, 3.8) is 0 Å². The van der Waals surface area contributed by atoms with Crippen LogP contribution in [0.15, 0.2) is 55.1 Å². The number of hydrogen-bond acceptors (Lipinski definition) is 5. The fourth-order valence-corrected chi connectivity index (χ4v) is 2.64. The van der Waals surface area contributed by atoms with Crippen LogP contribution >= 0.6 is 0 Å². The smallest absolute Gasteiger partial charge is 0.270 e. The molecular weight excluding hydrogens is 318 g/mol. The normalized spacial score (nSPS) is 10.9. The van der Waals surface area contributed by atoms with Crippen molar-refractivity contribution < 1.29 is 4.79 Å². The summed E-state index contributed by atoms with van der Waals surface area (Å²) in [5, 5.41) is 11.0. The van der Waals surface area contributed by atoms with Crippen molar-refractivity contribution in [1.82, 2.24) is 34.7 Å². The summed E-state index contributed by atoms with van der Waals surface area (Å²) in [6.45, 7) is 2.10. The van der Waals surface area contributed by atoms with Crippen LogP contribution in [0.2, 0.25) is 0 Å². The summed E-state index contributed by atoms with van der Waals surface area (Å²) in [6, 6.07) is 9.29. The summed E-state index contributed by atoms with van der Waals surface area (Å²) in [4.78, 5) is 20.9. The van der Waals surface area contributed by atoms with Gasteiger partial charge in [-0.3, -0.25) is 14.2 Å². The monoisotopic (exact) mass is 333 g/mol. The standard InChI is InChI=1S/C17H15N7O/c1-12-16(23-9-3-2-4-15(23)20-12)17(25)19-10-13-11-24(22-21-13)14-5-7-18-8-6-14/h2-9,11H,10H2,1H3,(H,19,25). The summed E-state index contributed by atoms with van der Waals surface area (Å²) in [5.74, 6) is -0.199. The molecule has 8 nitrogen and oxygen atoms in total. The van der Waals surface area contributed by atoms with Crippen LogP contribution in [0.4, 0.5) is 0 Å². The maximum Gasteiger partial charge on any atom is 0.270 e. The van der Waals surface area contributed by atoms with Crippen LogP contribution in [-0.4, -0.2) is 35.3 Å². The molecule has 0 radical (unpaired) electrons. The van der Waals surface area contributed by atoms with Gasteiger partial charge in [-0.2, -0.15) is 0 Å². The number of aromatic nitrogens is 6. The lowest BCUT2D eigenvalue weighted by atomic mass is 10.3. The van der Waals surface area contributed by atoms with Crippen LogP contribution in [0, 0.1) is 6.92 Å². The third kappa shape index (κ3) is 2.85. The van der Waals surface area contributed by atoms with Gasteiger partial charge in [-0.1, -0.05) is 11.3 Å². The number of amides is 1. The zero-order chi connectivity index (χ0) is 17.2. The van der Waals surface area contributed by atoms with E-state index in [1.54, 1.807) is 27.7 Å². The fourth-order valence-electron chi connectivity index (χ4n) is 2.64. The summed E-state index contributed by atoms with van der Waals surface area (Å²) in [6.07, 6.45) is 6.97. The second-order valence-electron chi connectivity index (χ2n) is 5.52. The van der Waals surface area contributed by atoms with E-state index < -0.39 is 0 Å². The number of pyridine rings is 2. The molecule has 0 unspecified atom stereocenters. The lowest BCUT2D eigenvalue weighted by Gasteiger charge is -2.04. The predicted octanol–water partition coefficient (Wildman–Crippen LogP) is 1.55. The number of carbonyl (C=O) groups excluding carboxylic acids is 1. The average Bonchev–Trinajstić information content (AvgIpc) is 3.24. The molecule has 8 heteroatoms. The molecule has 0 fully saturated rings. The lowest BCUT2D eigenvalue weighted by molar-refractivity contribution is 0.0944. The first-order valence-electron chi connectivity index (χ1n) is 7.76. The number of carbonyl (C=O) groups is 1. The maximum absolute atomic E-state index is 12.6.